The Morgan fingerprint density at radius 3 is 2.15 bits per heavy atom. The molecule has 0 spiro atoms. The second-order valence-corrected chi connectivity index (χ2v) is 7.53. The first kappa shape index (κ1) is 22.6. The summed E-state index contributed by atoms with van der Waals surface area (Å²) in [6, 6.07) is 13.0. The molecule has 2 aromatic carbocycles. The van der Waals surface area contributed by atoms with Crippen LogP contribution in [0.3, 0.4) is 0 Å². The van der Waals surface area contributed by atoms with Crippen LogP contribution in [0, 0.1) is 0 Å². The average Bonchev–Trinajstić information content (AvgIpc) is 2.58. The van der Waals surface area contributed by atoms with Crippen molar-refractivity contribution in [2.45, 2.75) is 11.4 Å². The number of carboxylic acids is 2. The monoisotopic (exact) mass is 460 g/mol. The highest BCUT2D eigenvalue weighted by molar-refractivity contribution is 9.10. The van der Waals surface area contributed by atoms with E-state index in [1.807, 2.05) is 0 Å². The zero-order valence-electron chi connectivity index (χ0n) is 14.1. The van der Waals surface area contributed by atoms with E-state index in [1.54, 1.807) is 43.4 Å². The zero-order chi connectivity index (χ0) is 20.6. The van der Waals surface area contributed by atoms with Gasteiger partial charge < -0.3 is 14.4 Å². The van der Waals surface area contributed by atoms with Crippen LogP contribution < -0.4 is 10.0 Å². The number of carbonyl (C=O) groups is 2. The lowest BCUT2D eigenvalue weighted by Crippen LogP contribution is -2.25. The van der Waals surface area contributed by atoms with Crippen LogP contribution in [-0.2, 0) is 26.3 Å². The molecule has 27 heavy (non-hydrogen) atoms. The summed E-state index contributed by atoms with van der Waals surface area (Å²) in [6.07, 6.45) is 0. The van der Waals surface area contributed by atoms with Gasteiger partial charge in [-0.1, -0.05) is 34.1 Å². The Morgan fingerprint density at radius 1 is 1.11 bits per heavy atom. The second-order valence-electron chi connectivity index (χ2n) is 5.13. The van der Waals surface area contributed by atoms with Gasteiger partial charge in [-0.2, -0.15) is 8.42 Å². The third kappa shape index (κ3) is 7.74. The summed E-state index contributed by atoms with van der Waals surface area (Å²) < 4.78 is 30.3. The van der Waals surface area contributed by atoms with Crippen molar-refractivity contribution in [2.75, 3.05) is 7.05 Å². The summed E-state index contributed by atoms with van der Waals surface area (Å²) in [7, 11) is -2.11. The van der Waals surface area contributed by atoms with Crippen molar-refractivity contribution in [1.29, 1.82) is 0 Å². The summed E-state index contributed by atoms with van der Waals surface area (Å²) in [5, 5.41) is 16.3. The van der Waals surface area contributed by atoms with E-state index in [1.165, 1.54) is 17.1 Å². The molecule has 0 radical (unpaired) electrons. The maximum atomic E-state index is 12.2. The fraction of sp³-hybridized carbons (Fsp3) is 0.125. The molecule has 0 aliphatic carbocycles. The largest absolute Gasteiger partial charge is 0.473 e. The highest BCUT2D eigenvalue weighted by Crippen LogP contribution is 2.25. The number of rotatable bonds is 5. The second kappa shape index (κ2) is 10.0. The molecule has 2 rings (SSSR count). The van der Waals surface area contributed by atoms with Crippen molar-refractivity contribution in [3.63, 3.8) is 0 Å². The highest BCUT2D eigenvalue weighted by Gasteiger charge is 2.16. The first-order valence-corrected chi connectivity index (χ1v) is 9.43. The minimum Gasteiger partial charge on any atom is -0.473 e. The van der Waals surface area contributed by atoms with Gasteiger partial charge in [-0.3, -0.25) is 5.84 Å². The Bertz CT molecular complexity index is 890. The number of nitrogens with zero attached hydrogens (tertiary/aromatic N) is 1. The minimum atomic E-state index is -3.83. The third-order valence-corrected chi connectivity index (χ3v) is 4.89. The van der Waals surface area contributed by atoms with Gasteiger partial charge in [0, 0.05) is 18.1 Å². The Balaban J connectivity index is 0.000000527. The molecule has 0 aromatic heterocycles. The number of hydrogen-bond acceptors (Lipinski definition) is 7. The summed E-state index contributed by atoms with van der Waals surface area (Å²) in [6.45, 7) is 0.461. The van der Waals surface area contributed by atoms with Crippen LogP contribution in [-0.4, -0.2) is 42.6 Å². The van der Waals surface area contributed by atoms with Crippen molar-refractivity contribution in [3.8, 4) is 5.75 Å². The first-order chi connectivity index (χ1) is 12.5. The number of hydrazine groups is 1. The third-order valence-electron chi connectivity index (χ3n) is 2.86. The van der Waals surface area contributed by atoms with E-state index >= 15 is 0 Å². The van der Waals surface area contributed by atoms with Crippen LogP contribution in [0.25, 0.3) is 0 Å². The van der Waals surface area contributed by atoms with Crippen LogP contribution in [0.4, 0.5) is 0 Å². The smallest absolute Gasteiger partial charge is 0.414 e. The van der Waals surface area contributed by atoms with Gasteiger partial charge in [-0.25, -0.2) is 14.6 Å². The normalized spacial score (nSPS) is 10.7. The summed E-state index contributed by atoms with van der Waals surface area (Å²) in [5.74, 6) is 2.22. The van der Waals surface area contributed by atoms with Gasteiger partial charge in [0.15, 0.2) is 0 Å². The van der Waals surface area contributed by atoms with Gasteiger partial charge in [0.25, 0.3) is 0 Å². The highest BCUT2D eigenvalue weighted by atomic mass is 79.9. The van der Waals surface area contributed by atoms with Gasteiger partial charge in [0.2, 0.25) is 0 Å². The lowest BCUT2D eigenvalue weighted by Gasteiger charge is -2.13. The van der Waals surface area contributed by atoms with E-state index in [4.69, 9.17) is 29.8 Å². The number of carboxylic acid groups (broad SMARTS) is 2. The molecule has 0 heterocycles. The van der Waals surface area contributed by atoms with E-state index in [0.717, 1.165) is 10.0 Å². The molecule has 0 aliphatic rings. The summed E-state index contributed by atoms with van der Waals surface area (Å²) in [4.78, 5) is 18.3. The Kier molecular flexibility index (Phi) is 8.37. The predicted molar refractivity (Wildman–Crippen MR) is 99.3 cm³/mol. The van der Waals surface area contributed by atoms with E-state index in [0.29, 0.717) is 6.54 Å². The molecule has 2 aromatic rings. The predicted octanol–water partition coefficient (Wildman–Crippen LogP) is 1.68. The molecule has 0 atom stereocenters. The fourth-order valence-electron chi connectivity index (χ4n) is 1.75. The molecule has 0 aliphatic heterocycles. The molecule has 0 amide bonds. The molecule has 0 fully saturated rings. The zero-order valence-corrected chi connectivity index (χ0v) is 16.5. The molecule has 146 valence electrons. The van der Waals surface area contributed by atoms with E-state index in [-0.39, 0.29) is 10.6 Å². The molecular formula is C16H17BrN2O7S. The first-order valence-electron chi connectivity index (χ1n) is 7.23. The Morgan fingerprint density at radius 2 is 1.67 bits per heavy atom. The number of aliphatic carboxylic acids is 2. The molecule has 11 heteroatoms. The van der Waals surface area contributed by atoms with Crippen LogP contribution in [0.1, 0.15) is 5.56 Å². The Hall–Kier alpha value is -2.47. The molecule has 9 nitrogen and oxygen atoms in total. The van der Waals surface area contributed by atoms with E-state index in [9.17, 15) is 8.42 Å². The van der Waals surface area contributed by atoms with Gasteiger partial charge in [0.05, 0.1) is 0 Å². The fourth-order valence-corrected chi connectivity index (χ4v) is 3.07. The lowest BCUT2D eigenvalue weighted by molar-refractivity contribution is -0.159. The SMILES string of the molecule is CN(N)Cc1cc(OS(=O)(=O)c2ccccc2)ccc1Br.O=C(O)C(=O)O. The maximum Gasteiger partial charge on any atom is 0.414 e. The number of halogens is 1. The lowest BCUT2D eigenvalue weighted by atomic mass is 10.2. The van der Waals surface area contributed by atoms with Crippen molar-refractivity contribution < 1.29 is 32.4 Å². The van der Waals surface area contributed by atoms with E-state index < -0.39 is 22.1 Å². The van der Waals surface area contributed by atoms with Gasteiger partial charge in [0.1, 0.15) is 10.6 Å². The molecule has 0 saturated carbocycles. The topological polar surface area (TPSA) is 147 Å². The number of benzene rings is 2. The molecule has 0 saturated heterocycles. The summed E-state index contributed by atoms with van der Waals surface area (Å²) >= 11 is 3.40. The van der Waals surface area contributed by atoms with E-state index in [2.05, 4.69) is 15.9 Å². The van der Waals surface area contributed by atoms with Gasteiger partial charge in [-0.05, 0) is 35.9 Å². The van der Waals surface area contributed by atoms with Crippen molar-refractivity contribution in [2.24, 2.45) is 5.84 Å². The molecule has 4 N–H and O–H groups in total. The van der Waals surface area contributed by atoms with Gasteiger partial charge in [-0.15, -0.1) is 0 Å². The van der Waals surface area contributed by atoms with Crippen LogP contribution in [0.2, 0.25) is 0 Å². The van der Waals surface area contributed by atoms with Crippen molar-refractivity contribution in [3.05, 3.63) is 58.6 Å². The quantitative estimate of drug-likeness (QED) is 0.262. The molecule has 0 unspecified atom stereocenters. The minimum absolute atomic E-state index is 0.116. The Labute approximate surface area is 164 Å². The number of hydrogen-bond donors (Lipinski definition) is 3. The van der Waals surface area contributed by atoms with Crippen LogP contribution >= 0.6 is 15.9 Å². The van der Waals surface area contributed by atoms with Crippen LogP contribution in [0.15, 0.2) is 57.9 Å². The average molecular weight is 461 g/mol. The maximum absolute atomic E-state index is 12.2. The summed E-state index contributed by atoms with van der Waals surface area (Å²) in [5.41, 5.74) is 0.834. The number of nitrogens with two attached hydrogens (primary N) is 1. The molecule has 0 bridgehead atoms. The van der Waals surface area contributed by atoms with Crippen molar-refractivity contribution >= 4 is 38.0 Å². The standard InChI is InChI=1S/C14H15BrN2O3S.C2H2O4/c1-17(16)10-11-9-12(7-8-14(11)15)20-21(18,19)13-5-3-2-4-6-13;3-1(4)2(5)6/h2-9H,10,16H2,1H3;(H,3,4)(H,5,6). The van der Waals surface area contributed by atoms with Crippen LogP contribution in [0.5, 0.6) is 5.75 Å². The van der Waals surface area contributed by atoms with Gasteiger partial charge >= 0.3 is 22.1 Å². The van der Waals surface area contributed by atoms with Crippen molar-refractivity contribution in [1.82, 2.24) is 5.01 Å². The molecular weight excluding hydrogens is 444 g/mol.